The fourth-order valence-corrected chi connectivity index (χ4v) is 1.94. The summed E-state index contributed by atoms with van der Waals surface area (Å²) in [6.45, 7) is 4.11. The van der Waals surface area contributed by atoms with Gasteiger partial charge in [0.05, 0.1) is 11.2 Å². The monoisotopic (exact) mass is 232 g/mol. The molecule has 2 aromatic heterocycles. The summed E-state index contributed by atoms with van der Waals surface area (Å²) < 4.78 is 0. The fourth-order valence-electron chi connectivity index (χ4n) is 1.94. The Kier molecular flexibility index (Phi) is 2.61. The normalized spacial score (nSPS) is 10.4. The van der Waals surface area contributed by atoms with Gasteiger partial charge in [-0.15, -0.1) is 0 Å². The zero-order valence-corrected chi connectivity index (χ0v) is 9.88. The van der Waals surface area contributed by atoms with Crippen LogP contribution in [0, 0.1) is 0 Å². The molecule has 18 heavy (non-hydrogen) atoms. The summed E-state index contributed by atoms with van der Waals surface area (Å²) in [6.07, 6.45) is 3.53. The molecule has 3 rings (SSSR count). The smallest absolute Gasteiger partial charge is 0.0709 e. The minimum Gasteiger partial charge on any atom is -0.265 e. The molecule has 0 amide bonds. The van der Waals surface area contributed by atoms with Crippen molar-refractivity contribution in [3.8, 4) is 0 Å². The van der Waals surface area contributed by atoms with Gasteiger partial charge in [0, 0.05) is 23.4 Å². The predicted octanol–water partition coefficient (Wildman–Crippen LogP) is 3.69. The van der Waals surface area contributed by atoms with Crippen molar-refractivity contribution in [2.75, 3.05) is 0 Å². The number of rotatable bonds is 2. The van der Waals surface area contributed by atoms with Gasteiger partial charge in [-0.2, -0.15) is 0 Å². The number of pyridine rings is 2. The van der Waals surface area contributed by atoms with Crippen LogP contribution in [-0.2, 0) is 0 Å². The number of benzene rings is 1. The summed E-state index contributed by atoms with van der Waals surface area (Å²) >= 11 is 0. The summed E-state index contributed by atoms with van der Waals surface area (Å²) in [7, 11) is 0. The first-order chi connectivity index (χ1) is 8.84. The van der Waals surface area contributed by atoms with Crippen molar-refractivity contribution in [1.29, 1.82) is 0 Å². The lowest BCUT2D eigenvalue weighted by molar-refractivity contribution is 1.30. The maximum Gasteiger partial charge on any atom is 0.0709 e. The third-order valence-corrected chi connectivity index (χ3v) is 2.94. The van der Waals surface area contributed by atoms with Crippen molar-refractivity contribution in [3.63, 3.8) is 0 Å². The van der Waals surface area contributed by atoms with E-state index < -0.39 is 0 Å². The maximum atomic E-state index is 4.63. The minimum atomic E-state index is 0.903. The number of hydrogen-bond donors (Lipinski definition) is 0. The Morgan fingerprint density at radius 1 is 0.889 bits per heavy atom. The van der Waals surface area contributed by atoms with Crippen molar-refractivity contribution in [2.45, 2.75) is 0 Å². The van der Waals surface area contributed by atoms with Crippen LogP contribution in [0.2, 0.25) is 0 Å². The molecule has 2 nitrogen and oxygen atoms in total. The third kappa shape index (κ3) is 1.89. The molecule has 0 aliphatic rings. The molecular formula is C16H12N2. The second-order valence-electron chi connectivity index (χ2n) is 4.10. The van der Waals surface area contributed by atoms with Crippen LogP contribution in [-0.4, -0.2) is 9.97 Å². The fraction of sp³-hybridized carbons (Fsp3) is 0. The van der Waals surface area contributed by atoms with Gasteiger partial charge in [-0.25, -0.2) is 4.98 Å². The SMILES string of the molecule is C=C(c1ccncc1)c1ccc2ccccc2n1. The van der Waals surface area contributed by atoms with Gasteiger partial charge >= 0.3 is 0 Å². The van der Waals surface area contributed by atoms with Crippen LogP contribution in [0.4, 0.5) is 0 Å². The van der Waals surface area contributed by atoms with Crippen LogP contribution in [0.3, 0.4) is 0 Å². The average molecular weight is 232 g/mol. The topological polar surface area (TPSA) is 25.8 Å². The molecule has 0 aliphatic heterocycles. The van der Waals surface area contributed by atoms with E-state index in [1.54, 1.807) is 12.4 Å². The first-order valence-corrected chi connectivity index (χ1v) is 5.80. The van der Waals surface area contributed by atoms with E-state index in [0.717, 1.165) is 27.7 Å². The first-order valence-electron chi connectivity index (χ1n) is 5.80. The standard InChI is InChI=1S/C16H12N2/c1-12(13-8-10-17-11-9-13)15-7-6-14-4-2-3-5-16(14)18-15/h2-11H,1H2. The van der Waals surface area contributed by atoms with Gasteiger partial charge in [-0.05, 0) is 29.8 Å². The average Bonchev–Trinajstić information content (AvgIpc) is 2.47. The Labute approximate surface area is 106 Å². The largest absolute Gasteiger partial charge is 0.265 e. The molecule has 0 radical (unpaired) electrons. The highest BCUT2D eigenvalue weighted by Crippen LogP contribution is 2.21. The van der Waals surface area contributed by atoms with Gasteiger partial charge in [0.15, 0.2) is 0 Å². The van der Waals surface area contributed by atoms with Gasteiger partial charge in [0.1, 0.15) is 0 Å². The zero-order chi connectivity index (χ0) is 12.4. The number of hydrogen-bond acceptors (Lipinski definition) is 2. The van der Waals surface area contributed by atoms with E-state index in [9.17, 15) is 0 Å². The van der Waals surface area contributed by atoms with Gasteiger partial charge < -0.3 is 0 Å². The van der Waals surface area contributed by atoms with Crippen molar-refractivity contribution < 1.29 is 0 Å². The Bertz CT molecular complexity index is 702. The summed E-state index contributed by atoms with van der Waals surface area (Å²) in [6, 6.07) is 16.0. The molecule has 0 aliphatic carbocycles. The molecule has 2 heteroatoms. The van der Waals surface area contributed by atoms with Crippen LogP contribution < -0.4 is 0 Å². The zero-order valence-electron chi connectivity index (χ0n) is 9.88. The maximum absolute atomic E-state index is 4.63. The van der Waals surface area contributed by atoms with Crippen molar-refractivity contribution >= 4 is 16.5 Å². The molecule has 0 saturated carbocycles. The van der Waals surface area contributed by atoms with E-state index in [4.69, 9.17) is 0 Å². The van der Waals surface area contributed by atoms with Crippen LogP contribution in [0.5, 0.6) is 0 Å². The van der Waals surface area contributed by atoms with Crippen LogP contribution in [0.15, 0.2) is 67.5 Å². The number of nitrogens with zero attached hydrogens (tertiary/aromatic N) is 2. The summed E-state index contributed by atoms with van der Waals surface area (Å²) in [5, 5.41) is 1.14. The Morgan fingerprint density at radius 3 is 2.50 bits per heavy atom. The highest BCUT2D eigenvalue weighted by molar-refractivity contribution is 5.83. The summed E-state index contributed by atoms with van der Waals surface area (Å²) in [4.78, 5) is 8.64. The molecule has 0 N–H and O–H groups in total. The van der Waals surface area contributed by atoms with Gasteiger partial charge in [0.2, 0.25) is 0 Å². The van der Waals surface area contributed by atoms with Crippen LogP contribution >= 0.6 is 0 Å². The number of para-hydroxylation sites is 1. The highest BCUT2D eigenvalue weighted by Gasteiger charge is 2.04. The predicted molar refractivity (Wildman–Crippen MR) is 74.1 cm³/mol. The minimum absolute atomic E-state index is 0.903. The molecule has 1 aromatic carbocycles. The molecule has 3 aromatic rings. The summed E-state index contributed by atoms with van der Waals surface area (Å²) in [5.41, 5.74) is 3.86. The second-order valence-corrected chi connectivity index (χ2v) is 4.10. The summed E-state index contributed by atoms with van der Waals surface area (Å²) in [5.74, 6) is 0. The molecule has 0 unspecified atom stereocenters. The molecule has 0 bridgehead atoms. The van der Waals surface area contributed by atoms with Crippen molar-refractivity contribution in [2.24, 2.45) is 0 Å². The van der Waals surface area contributed by atoms with Gasteiger partial charge in [0.25, 0.3) is 0 Å². The lowest BCUT2D eigenvalue weighted by Gasteiger charge is -2.06. The third-order valence-electron chi connectivity index (χ3n) is 2.94. The molecule has 0 fully saturated rings. The van der Waals surface area contributed by atoms with Crippen molar-refractivity contribution in [1.82, 2.24) is 9.97 Å². The molecule has 2 heterocycles. The van der Waals surface area contributed by atoms with Gasteiger partial charge in [-0.3, -0.25) is 4.98 Å². The molecule has 86 valence electrons. The lowest BCUT2D eigenvalue weighted by Crippen LogP contribution is -1.91. The number of aromatic nitrogens is 2. The second kappa shape index (κ2) is 4.41. The van der Waals surface area contributed by atoms with E-state index in [2.05, 4.69) is 28.7 Å². The Morgan fingerprint density at radius 2 is 1.67 bits per heavy atom. The molecule has 0 saturated heterocycles. The van der Waals surface area contributed by atoms with E-state index in [1.165, 1.54) is 0 Å². The van der Waals surface area contributed by atoms with E-state index in [0.29, 0.717) is 0 Å². The van der Waals surface area contributed by atoms with E-state index in [1.807, 2.05) is 36.4 Å². The molecule has 0 spiro atoms. The molecule has 0 atom stereocenters. The molecular weight excluding hydrogens is 220 g/mol. The number of fused-ring (bicyclic) bond motifs is 1. The van der Waals surface area contributed by atoms with Gasteiger partial charge in [-0.1, -0.05) is 30.8 Å². The van der Waals surface area contributed by atoms with Crippen molar-refractivity contribution in [3.05, 3.63) is 78.8 Å². The van der Waals surface area contributed by atoms with E-state index in [-0.39, 0.29) is 0 Å². The Balaban J connectivity index is 2.07. The Hall–Kier alpha value is -2.48. The lowest BCUT2D eigenvalue weighted by atomic mass is 10.0. The van der Waals surface area contributed by atoms with Crippen LogP contribution in [0.1, 0.15) is 11.3 Å². The quantitative estimate of drug-likeness (QED) is 0.673. The highest BCUT2D eigenvalue weighted by atomic mass is 14.7. The van der Waals surface area contributed by atoms with Crippen LogP contribution in [0.25, 0.3) is 16.5 Å². The first kappa shape index (κ1) is 10.7. The van der Waals surface area contributed by atoms with E-state index >= 15 is 0 Å².